The molecule has 1 radical (unpaired) electrons. The molecule has 0 fully saturated rings. The van der Waals surface area contributed by atoms with E-state index in [1.807, 2.05) is 30.3 Å². The fourth-order valence-electron chi connectivity index (χ4n) is 1.06. The van der Waals surface area contributed by atoms with Crippen molar-refractivity contribution in [3.05, 3.63) is 77.5 Å². The van der Waals surface area contributed by atoms with Crippen LogP contribution in [0.15, 0.2) is 54.6 Å². The number of carbonyl (C=O) groups is 1. The van der Waals surface area contributed by atoms with Crippen molar-refractivity contribution in [3.8, 4) is 0 Å². The van der Waals surface area contributed by atoms with Crippen LogP contribution in [0.4, 0.5) is 0 Å². The van der Waals surface area contributed by atoms with Gasteiger partial charge in [0.1, 0.15) is 0 Å². The second-order valence-corrected chi connectivity index (χ2v) is 3.27. The van der Waals surface area contributed by atoms with Crippen molar-refractivity contribution in [2.45, 2.75) is 6.92 Å². The summed E-state index contributed by atoms with van der Waals surface area (Å²) in [6.07, 6.45) is 0. The molecule has 0 unspecified atom stereocenters. The number of benzene rings is 2. The van der Waals surface area contributed by atoms with E-state index in [4.69, 9.17) is 5.73 Å². The Morgan fingerprint density at radius 2 is 1.59 bits per heavy atom. The summed E-state index contributed by atoms with van der Waals surface area (Å²) in [5.41, 5.74) is 8.41. The van der Waals surface area contributed by atoms with Crippen LogP contribution >= 0.6 is 0 Å². The van der Waals surface area contributed by atoms with Crippen LogP contribution < -0.4 is 0 Å². The van der Waals surface area contributed by atoms with Crippen LogP contribution in [0.3, 0.4) is 0 Å². The molecule has 0 aliphatic heterocycles. The first-order valence-electron chi connectivity index (χ1n) is 4.94. The Morgan fingerprint density at radius 3 is 1.88 bits per heavy atom. The van der Waals surface area contributed by atoms with Gasteiger partial charge in [-0.05, 0) is 5.56 Å². The topological polar surface area (TPSA) is 40.9 Å². The Hall–Kier alpha value is -0.986. The average molecular weight is 300 g/mol. The van der Waals surface area contributed by atoms with Gasteiger partial charge in [-0.1, -0.05) is 37.3 Å². The molecule has 17 heavy (non-hydrogen) atoms. The summed E-state index contributed by atoms with van der Waals surface area (Å²) in [5, 5.41) is 0. The molecule has 0 saturated heterocycles. The van der Waals surface area contributed by atoms with Crippen molar-refractivity contribution in [1.29, 1.82) is 0 Å². The summed E-state index contributed by atoms with van der Waals surface area (Å²) in [6, 6.07) is 19.3. The van der Waals surface area contributed by atoms with Gasteiger partial charge in [-0.25, -0.2) is 0 Å². The van der Waals surface area contributed by atoms with Crippen molar-refractivity contribution in [3.63, 3.8) is 0 Å². The van der Waals surface area contributed by atoms with Gasteiger partial charge in [0, 0.05) is 32.7 Å². The molecular formula is C14H13NOY-2. The van der Waals surface area contributed by atoms with Crippen LogP contribution in [-0.4, -0.2) is 5.91 Å². The summed E-state index contributed by atoms with van der Waals surface area (Å²) >= 11 is 0. The molecule has 85 valence electrons. The van der Waals surface area contributed by atoms with Crippen LogP contribution in [-0.2, 0) is 32.7 Å². The standard InChI is InChI=1S/C7H7NO.C7H7.Y/c8-7(9)6-4-2-1-3-5-6;1-7-5-3-2-4-6-7;/h1-5H,(H2,8,9);3-6H,1H3;/q;-1;/p-1. The van der Waals surface area contributed by atoms with E-state index >= 15 is 0 Å². The number of hydrogen-bond acceptors (Lipinski definition) is 1. The third-order valence-electron chi connectivity index (χ3n) is 1.92. The molecule has 0 saturated carbocycles. The van der Waals surface area contributed by atoms with Gasteiger partial charge in [-0.3, -0.25) is 0 Å². The molecule has 0 aliphatic carbocycles. The van der Waals surface area contributed by atoms with Gasteiger partial charge >= 0.3 is 0 Å². The zero-order chi connectivity index (χ0) is 11.8. The summed E-state index contributed by atoms with van der Waals surface area (Å²) in [4.78, 5) is 10.3. The molecule has 1 N–H and O–H groups in total. The number of rotatable bonds is 1. The van der Waals surface area contributed by atoms with Gasteiger partial charge in [0.25, 0.3) is 0 Å². The van der Waals surface area contributed by atoms with Crippen LogP contribution in [0.5, 0.6) is 0 Å². The smallest absolute Gasteiger partial charge is 0.0796 e. The third-order valence-corrected chi connectivity index (χ3v) is 1.92. The maximum atomic E-state index is 10.3. The predicted octanol–water partition coefficient (Wildman–Crippen LogP) is 3.67. The Balaban J connectivity index is 0.000000292. The molecule has 0 heterocycles. The van der Waals surface area contributed by atoms with E-state index in [-0.39, 0.29) is 32.7 Å². The minimum Gasteiger partial charge on any atom is -0.664 e. The Labute approximate surface area is 127 Å². The van der Waals surface area contributed by atoms with Crippen molar-refractivity contribution in [2.24, 2.45) is 0 Å². The average Bonchev–Trinajstić information content (AvgIpc) is 2.32. The van der Waals surface area contributed by atoms with Crippen LogP contribution in [0.25, 0.3) is 5.73 Å². The van der Waals surface area contributed by atoms with E-state index in [1.54, 1.807) is 24.3 Å². The Morgan fingerprint density at radius 1 is 1.06 bits per heavy atom. The summed E-state index contributed by atoms with van der Waals surface area (Å²) in [5.74, 6) is -0.629. The van der Waals surface area contributed by atoms with Crippen LogP contribution in [0, 0.1) is 13.0 Å². The van der Waals surface area contributed by atoms with E-state index in [9.17, 15) is 4.79 Å². The van der Waals surface area contributed by atoms with E-state index in [2.05, 4.69) is 13.0 Å². The minimum absolute atomic E-state index is 0. The second kappa shape index (κ2) is 9.09. The molecule has 1 amide bonds. The minimum atomic E-state index is -0.629. The van der Waals surface area contributed by atoms with Gasteiger partial charge in [-0.2, -0.15) is 35.9 Å². The number of aryl methyl sites for hydroxylation is 1. The van der Waals surface area contributed by atoms with E-state index < -0.39 is 5.91 Å². The number of nitrogens with one attached hydrogen (secondary N) is 1. The van der Waals surface area contributed by atoms with Gasteiger partial charge in [0.05, 0.1) is 5.91 Å². The van der Waals surface area contributed by atoms with Gasteiger partial charge in [-0.15, -0.1) is 0 Å². The first-order valence-corrected chi connectivity index (χ1v) is 4.94. The van der Waals surface area contributed by atoms with Crippen molar-refractivity contribution < 1.29 is 37.5 Å². The summed E-state index contributed by atoms with van der Waals surface area (Å²) in [6.45, 7) is 2.06. The zero-order valence-electron chi connectivity index (χ0n) is 9.68. The molecule has 2 nitrogen and oxygen atoms in total. The fraction of sp³-hybridized carbons (Fsp3) is 0.0714. The first-order chi connectivity index (χ1) is 7.70. The fourth-order valence-corrected chi connectivity index (χ4v) is 1.06. The molecule has 2 aromatic rings. The Kier molecular flexibility index (Phi) is 8.56. The SMILES string of the molecule is Cc1cc[c-]cc1.[NH-]C(=O)c1ccccc1.[Y]. The van der Waals surface area contributed by atoms with Crippen molar-refractivity contribution in [1.82, 2.24) is 0 Å². The number of carbonyl (C=O) groups excluding carboxylic acids is 1. The quantitative estimate of drug-likeness (QED) is 0.741. The molecule has 3 heteroatoms. The second-order valence-electron chi connectivity index (χ2n) is 3.27. The normalized spacial score (nSPS) is 8.29. The van der Waals surface area contributed by atoms with Crippen molar-refractivity contribution in [2.75, 3.05) is 0 Å². The molecule has 0 aliphatic rings. The van der Waals surface area contributed by atoms with E-state index in [0.29, 0.717) is 5.56 Å². The van der Waals surface area contributed by atoms with Gasteiger partial charge in [0.15, 0.2) is 0 Å². The molecule has 2 aromatic carbocycles. The molecule has 0 aromatic heterocycles. The van der Waals surface area contributed by atoms with Gasteiger partial charge in [0.2, 0.25) is 0 Å². The number of hydrogen-bond donors (Lipinski definition) is 0. The predicted molar refractivity (Wildman–Crippen MR) is 65.1 cm³/mol. The maximum absolute atomic E-state index is 10.3. The largest absolute Gasteiger partial charge is 0.664 e. The maximum Gasteiger partial charge on any atom is 0.0796 e. The van der Waals surface area contributed by atoms with E-state index in [1.165, 1.54) is 5.56 Å². The van der Waals surface area contributed by atoms with Crippen molar-refractivity contribution >= 4 is 5.91 Å². The third kappa shape index (κ3) is 7.03. The molecule has 0 spiro atoms. The molecule has 2 rings (SSSR count). The monoisotopic (exact) mass is 300 g/mol. The van der Waals surface area contributed by atoms with E-state index in [0.717, 1.165) is 0 Å². The zero-order valence-corrected chi connectivity index (χ0v) is 12.5. The molecular weight excluding hydrogens is 287 g/mol. The molecule has 0 bridgehead atoms. The van der Waals surface area contributed by atoms with Crippen LogP contribution in [0.2, 0.25) is 0 Å². The van der Waals surface area contributed by atoms with Gasteiger partial charge < -0.3 is 10.5 Å². The summed E-state index contributed by atoms with van der Waals surface area (Å²) < 4.78 is 0. The number of amides is 1. The molecule has 0 atom stereocenters. The first kappa shape index (κ1) is 16.0. The summed E-state index contributed by atoms with van der Waals surface area (Å²) in [7, 11) is 0. The van der Waals surface area contributed by atoms with Crippen LogP contribution in [0.1, 0.15) is 15.9 Å². The Bertz CT molecular complexity index is 428.